The number of sulfonamides is 1. The van der Waals surface area contributed by atoms with Gasteiger partial charge in [0.25, 0.3) is 5.91 Å². The maximum atomic E-state index is 12.4. The zero-order valence-electron chi connectivity index (χ0n) is 13.7. The van der Waals surface area contributed by atoms with Gasteiger partial charge < -0.3 is 10.1 Å². The minimum atomic E-state index is -3.59. The quantitative estimate of drug-likeness (QED) is 0.846. The molecular weight excluding hydrogens is 328 g/mol. The van der Waals surface area contributed by atoms with Crippen molar-refractivity contribution in [2.24, 2.45) is 0 Å². The van der Waals surface area contributed by atoms with Crippen molar-refractivity contribution in [2.75, 3.05) is 13.2 Å². The molecule has 0 spiro atoms. The molecule has 1 amide bonds. The van der Waals surface area contributed by atoms with E-state index in [0.717, 1.165) is 38.5 Å². The molecule has 1 atom stereocenters. The first-order valence-corrected chi connectivity index (χ1v) is 10.0. The Morgan fingerprint density at radius 3 is 2.29 bits per heavy atom. The fourth-order valence-electron chi connectivity index (χ4n) is 3.25. The fourth-order valence-corrected chi connectivity index (χ4v) is 4.50. The lowest BCUT2D eigenvalue weighted by atomic mass is 10.1. The van der Waals surface area contributed by atoms with E-state index in [4.69, 9.17) is 4.74 Å². The van der Waals surface area contributed by atoms with E-state index in [1.807, 2.05) is 0 Å². The molecule has 1 aliphatic carbocycles. The van der Waals surface area contributed by atoms with E-state index < -0.39 is 10.0 Å². The number of hydrogen-bond donors (Lipinski definition) is 2. The van der Waals surface area contributed by atoms with Crippen molar-refractivity contribution in [1.29, 1.82) is 0 Å². The van der Waals surface area contributed by atoms with Gasteiger partial charge in [-0.2, -0.15) is 0 Å². The lowest BCUT2D eigenvalue weighted by Gasteiger charge is -2.23. The highest BCUT2D eigenvalue weighted by Crippen LogP contribution is 2.19. The molecule has 2 aliphatic rings. The molecule has 1 aromatic rings. The Kier molecular flexibility index (Phi) is 5.53. The van der Waals surface area contributed by atoms with Crippen molar-refractivity contribution < 1.29 is 17.9 Å². The fraction of sp³-hybridized carbons (Fsp3) is 0.588. The molecule has 6 nitrogen and oxygen atoms in total. The maximum Gasteiger partial charge on any atom is 0.251 e. The first-order chi connectivity index (χ1) is 11.5. The Morgan fingerprint density at radius 1 is 1.00 bits per heavy atom. The van der Waals surface area contributed by atoms with E-state index >= 15 is 0 Å². The third kappa shape index (κ3) is 4.34. The molecular formula is C17H24N2O4S. The predicted octanol–water partition coefficient (Wildman–Crippen LogP) is 1.82. The van der Waals surface area contributed by atoms with Gasteiger partial charge in [0.1, 0.15) is 0 Å². The van der Waals surface area contributed by atoms with E-state index in [-0.39, 0.29) is 22.9 Å². The molecule has 1 saturated heterocycles. The summed E-state index contributed by atoms with van der Waals surface area (Å²) in [4.78, 5) is 12.4. The summed E-state index contributed by atoms with van der Waals surface area (Å²) in [6.07, 6.45) is 5.98. The lowest BCUT2D eigenvalue weighted by Crippen LogP contribution is -2.40. The van der Waals surface area contributed by atoms with Crippen LogP contribution in [-0.2, 0) is 14.8 Å². The molecule has 1 unspecified atom stereocenters. The number of nitrogens with one attached hydrogen (secondary N) is 2. The zero-order chi connectivity index (χ0) is 17.0. The van der Waals surface area contributed by atoms with Gasteiger partial charge in [0.2, 0.25) is 10.0 Å². The van der Waals surface area contributed by atoms with Gasteiger partial charge in [-0.05, 0) is 49.9 Å². The highest BCUT2D eigenvalue weighted by atomic mass is 32.2. The second kappa shape index (κ2) is 7.63. The molecule has 132 valence electrons. The number of benzene rings is 1. The molecule has 1 heterocycles. The summed E-state index contributed by atoms with van der Waals surface area (Å²) in [6, 6.07) is 6.15. The summed E-state index contributed by atoms with van der Waals surface area (Å²) in [5.41, 5.74) is 0.488. The van der Waals surface area contributed by atoms with Crippen LogP contribution in [0.25, 0.3) is 0 Å². The topological polar surface area (TPSA) is 84.5 Å². The minimum absolute atomic E-state index is 0.139. The summed E-state index contributed by atoms with van der Waals surface area (Å²) in [5, 5.41) is 3.00. The molecule has 1 aliphatic heterocycles. The van der Waals surface area contributed by atoms with Gasteiger partial charge in [-0.15, -0.1) is 0 Å². The maximum absolute atomic E-state index is 12.4. The Balaban J connectivity index is 1.63. The second-order valence-corrected chi connectivity index (χ2v) is 8.23. The van der Waals surface area contributed by atoms with Crippen LogP contribution in [0.4, 0.5) is 0 Å². The van der Waals surface area contributed by atoms with Gasteiger partial charge in [0.05, 0.1) is 11.5 Å². The lowest BCUT2D eigenvalue weighted by molar-refractivity contribution is 0.0774. The molecule has 1 saturated carbocycles. The van der Waals surface area contributed by atoms with Crippen molar-refractivity contribution in [3.8, 4) is 0 Å². The van der Waals surface area contributed by atoms with Crippen LogP contribution in [0, 0.1) is 0 Å². The van der Waals surface area contributed by atoms with Gasteiger partial charge in [-0.3, -0.25) is 4.79 Å². The van der Waals surface area contributed by atoms with Crippen LogP contribution < -0.4 is 10.0 Å². The van der Waals surface area contributed by atoms with Gasteiger partial charge in [0, 0.05) is 24.3 Å². The summed E-state index contributed by atoms with van der Waals surface area (Å²) in [6.45, 7) is 1.09. The summed E-state index contributed by atoms with van der Waals surface area (Å²) in [5.74, 6) is -0.139. The average molecular weight is 352 g/mol. The van der Waals surface area contributed by atoms with Gasteiger partial charge >= 0.3 is 0 Å². The van der Waals surface area contributed by atoms with E-state index in [1.165, 1.54) is 12.1 Å². The Bertz CT molecular complexity index is 660. The SMILES string of the molecule is O=C(NC1CCCC1)c1ccc(S(=O)(=O)NC2CCCOC2)cc1. The Labute approximate surface area is 143 Å². The molecule has 7 heteroatoms. The largest absolute Gasteiger partial charge is 0.380 e. The van der Waals surface area contributed by atoms with Gasteiger partial charge in [-0.25, -0.2) is 13.1 Å². The number of rotatable bonds is 5. The number of carbonyl (C=O) groups excluding carboxylic acids is 1. The minimum Gasteiger partial charge on any atom is -0.380 e. The van der Waals surface area contributed by atoms with Crippen LogP contribution in [0.1, 0.15) is 48.9 Å². The van der Waals surface area contributed by atoms with Gasteiger partial charge in [0.15, 0.2) is 0 Å². The van der Waals surface area contributed by atoms with E-state index in [2.05, 4.69) is 10.0 Å². The number of ether oxygens (including phenoxy) is 1. The van der Waals surface area contributed by atoms with Crippen LogP contribution in [0.15, 0.2) is 29.2 Å². The normalized spacial score (nSPS) is 22.4. The third-order valence-corrected chi connectivity index (χ3v) is 6.14. The van der Waals surface area contributed by atoms with Crippen LogP contribution in [0.2, 0.25) is 0 Å². The first kappa shape index (κ1) is 17.4. The molecule has 2 N–H and O–H groups in total. The van der Waals surface area contributed by atoms with Crippen molar-refractivity contribution in [2.45, 2.75) is 55.5 Å². The summed E-state index contributed by atoms with van der Waals surface area (Å²) >= 11 is 0. The molecule has 0 radical (unpaired) electrons. The predicted molar refractivity (Wildman–Crippen MR) is 90.3 cm³/mol. The van der Waals surface area contributed by atoms with Crippen LogP contribution in [-0.4, -0.2) is 39.6 Å². The van der Waals surface area contributed by atoms with E-state index in [0.29, 0.717) is 18.8 Å². The highest BCUT2D eigenvalue weighted by molar-refractivity contribution is 7.89. The summed E-state index contributed by atoms with van der Waals surface area (Å²) in [7, 11) is -3.59. The zero-order valence-corrected chi connectivity index (χ0v) is 14.5. The smallest absolute Gasteiger partial charge is 0.251 e. The van der Waals surface area contributed by atoms with Crippen LogP contribution in [0.5, 0.6) is 0 Å². The molecule has 0 aromatic heterocycles. The molecule has 0 bridgehead atoms. The van der Waals surface area contributed by atoms with Crippen molar-refractivity contribution in [3.05, 3.63) is 29.8 Å². The molecule has 1 aromatic carbocycles. The van der Waals surface area contributed by atoms with Crippen molar-refractivity contribution in [3.63, 3.8) is 0 Å². The number of amides is 1. The third-order valence-electron chi connectivity index (χ3n) is 4.60. The van der Waals surface area contributed by atoms with E-state index in [1.54, 1.807) is 12.1 Å². The monoisotopic (exact) mass is 352 g/mol. The van der Waals surface area contributed by atoms with Crippen LogP contribution >= 0.6 is 0 Å². The first-order valence-electron chi connectivity index (χ1n) is 8.55. The Morgan fingerprint density at radius 2 is 1.67 bits per heavy atom. The molecule has 24 heavy (non-hydrogen) atoms. The van der Waals surface area contributed by atoms with E-state index in [9.17, 15) is 13.2 Å². The molecule has 3 rings (SSSR count). The van der Waals surface area contributed by atoms with Crippen molar-refractivity contribution in [1.82, 2.24) is 10.0 Å². The Hall–Kier alpha value is -1.44. The standard InChI is InChI=1S/C17H24N2O4S/c20-17(18-14-4-1-2-5-14)13-7-9-16(10-8-13)24(21,22)19-15-6-3-11-23-12-15/h7-10,14-15,19H,1-6,11-12H2,(H,18,20). The number of carbonyl (C=O) groups is 1. The number of hydrogen-bond acceptors (Lipinski definition) is 4. The summed E-state index contributed by atoms with van der Waals surface area (Å²) < 4.78 is 32.7. The highest BCUT2D eigenvalue weighted by Gasteiger charge is 2.23. The van der Waals surface area contributed by atoms with Crippen molar-refractivity contribution >= 4 is 15.9 Å². The van der Waals surface area contributed by atoms with Gasteiger partial charge in [-0.1, -0.05) is 12.8 Å². The average Bonchev–Trinajstić information content (AvgIpc) is 3.08. The van der Waals surface area contributed by atoms with Crippen LogP contribution in [0.3, 0.4) is 0 Å². The molecule has 2 fully saturated rings. The second-order valence-electron chi connectivity index (χ2n) is 6.51.